The Morgan fingerprint density at radius 3 is 2.50 bits per heavy atom. The van der Waals surface area contributed by atoms with E-state index in [1.165, 1.54) is 5.57 Å². The fourth-order valence-corrected chi connectivity index (χ4v) is 1.80. The van der Waals surface area contributed by atoms with E-state index in [9.17, 15) is 9.13 Å². The van der Waals surface area contributed by atoms with Crippen LogP contribution in [0.5, 0.6) is 0 Å². The van der Waals surface area contributed by atoms with Gasteiger partial charge in [0.25, 0.3) is 0 Å². The van der Waals surface area contributed by atoms with Crippen LogP contribution in [0.4, 0.5) is 0 Å². The number of hydrogen-bond donors (Lipinski definition) is 1. The normalized spacial score (nSPS) is 16.4. The van der Waals surface area contributed by atoms with Gasteiger partial charge >= 0.3 is 7.28 Å². The number of allylic oxidation sites excluding steroid dienone is 3. The average Bonchev–Trinajstić information content (AvgIpc) is 2.17. The van der Waals surface area contributed by atoms with Gasteiger partial charge in [-0.25, -0.2) is 0 Å². The molecular weight excluding hydrogens is 246 g/mol. The van der Waals surface area contributed by atoms with Gasteiger partial charge in [0.15, 0.2) is 8.15 Å². The van der Waals surface area contributed by atoms with Crippen molar-refractivity contribution < 1.29 is 18.5 Å². The molecule has 0 aromatic rings. The molecule has 0 aliphatic heterocycles. The molecule has 6 heteroatoms. The predicted octanol–water partition coefficient (Wildman–Crippen LogP) is 3.55. The van der Waals surface area contributed by atoms with Crippen LogP contribution in [0, 0.1) is 0 Å². The second-order valence-electron chi connectivity index (χ2n) is 3.84. The number of hydrogen-bond acceptors (Lipinski definition) is 3. The van der Waals surface area contributed by atoms with Crippen LogP contribution in [0.3, 0.4) is 0 Å². The lowest BCUT2D eigenvalue weighted by atomic mass is 10.1. The van der Waals surface area contributed by atoms with E-state index in [-0.39, 0.29) is 6.61 Å². The van der Waals surface area contributed by atoms with E-state index in [2.05, 4.69) is 10.6 Å². The van der Waals surface area contributed by atoms with E-state index in [4.69, 9.17) is 4.89 Å². The summed E-state index contributed by atoms with van der Waals surface area (Å²) >= 11 is 0. The van der Waals surface area contributed by atoms with Gasteiger partial charge in [0, 0.05) is 0 Å². The van der Waals surface area contributed by atoms with Gasteiger partial charge in [-0.3, -0.25) is 9.09 Å². The molecule has 2 unspecified atom stereocenters. The van der Waals surface area contributed by atoms with Crippen molar-refractivity contribution in [2.24, 2.45) is 0 Å². The fourth-order valence-electron chi connectivity index (χ4n) is 1.01. The zero-order valence-electron chi connectivity index (χ0n) is 9.97. The molecule has 0 aromatic heterocycles. The topological polar surface area (TPSA) is 63.6 Å². The Bertz CT molecular complexity index is 330. The Hall–Kier alpha value is -0.140. The highest BCUT2D eigenvalue weighted by Crippen LogP contribution is 2.54. The van der Waals surface area contributed by atoms with Crippen molar-refractivity contribution in [3.05, 3.63) is 23.3 Å². The van der Waals surface area contributed by atoms with Gasteiger partial charge in [-0.2, -0.15) is 0 Å². The summed E-state index contributed by atoms with van der Waals surface area (Å²) in [5.41, 5.74) is 2.37. The van der Waals surface area contributed by atoms with Crippen LogP contribution in [-0.2, 0) is 13.7 Å². The molecule has 0 saturated carbocycles. The van der Waals surface area contributed by atoms with E-state index in [0.29, 0.717) is 0 Å². The Balaban J connectivity index is 3.92. The van der Waals surface area contributed by atoms with Crippen molar-refractivity contribution in [1.29, 1.82) is 0 Å². The van der Waals surface area contributed by atoms with Crippen molar-refractivity contribution in [3.8, 4) is 0 Å². The maximum Gasteiger partial charge on any atom is 0.378 e. The monoisotopic (exact) mass is 266 g/mol. The highest BCUT2D eigenvalue weighted by atomic mass is 32.1. The zero-order valence-corrected chi connectivity index (χ0v) is 12.0. The summed E-state index contributed by atoms with van der Waals surface area (Å²) in [6.07, 6.45) is 5.73. The molecule has 0 spiro atoms. The van der Waals surface area contributed by atoms with Crippen LogP contribution >= 0.6 is 15.4 Å². The van der Waals surface area contributed by atoms with Crippen molar-refractivity contribution >= 4 is 15.4 Å². The standard InChI is InChI=1S/C10H20O4P2/c1-9(2)5-4-6-10(3)7-8-14-16(12,13)15-11/h5,7H,4,6,8,15H2,1-3H3,(H,12,13). The van der Waals surface area contributed by atoms with E-state index in [1.807, 2.05) is 20.8 Å². The second kappa shape index (κ2) is 8.03. The second-order valence-corrected chi connectivity index (χ2v) is 8.02. The third-order valence-corrected chi connectivity index (χ3v) is 3.95. The molecule has 94 valence electrons. The number of rotatable bonds is 7. The van der Waals surface area contributed by atoms with Crippen molar-refractivity contribution in [3.63, 3.8) is 0 Å². The van der Waals surface area contributed by atoms with Gasteiger partial charge < -0.3 is 9.46 Å². The minimum Gasteiger partial charge on any atom is -0.320 e. The van der Waals surface area contributed by atoms with Gasteiger partial charge in [-0.15, -0.1) is 0 Å². The molecule has 0 fully saturated rings. The van der Waals surface area contributed by atoms with E-state index < -0.39 is 15.4 Å². The van der Waals surface area contributed by atoms with E-state index >= 15 is 0 Å². The quantitative estimate of drug-likeness (QED) is 0.565. The maximum absolute atomic E-state index is 10.9. The van der Waals surface area contributed by atoms with Crippen molar-refractivity contribution in [2.45, 2.75) is 33.6 Å². The van der Waals surface area contributed by atoms with Gasteiger partial charge in [0.2, 0.25) is 0 Å². The van der Waals surface area contributed by atoms with Crippen molar-refractivity contribution in [1.82, 2.24) is 0 Å². The third kappa shape index (κ3) is 9.11. The molecule has 1 N–H and O–H groups in total. The first kappa shape index (κ1) is 15.9. The van der Waals surface area contributed by atoms with Crippen LogP contribution in [0.2, 0.25) is 0 Å². The lowest BCUT2D eigenvalue weighted by Crippen LogP contribution is -1.87. The van der Waals surface area contributed by atoms with Gasteiger partial charge in [0.1, 0.15) is 0 Å². The minimum atomic E-state index is -3.80. The molecule has 0 heterocycles. The summed E-state index contributed by atoms with van der Waals surface area (Å²) in [6, 6.07) is 0. The molecule has 4 nitrogen and oxygen atoms in total. The Labute approximate surface area is 98.0 Å². The summed E-state index contributed by atoms with van der Waals surface area (Å²) in [6.45, 7) is 6.07. The summed E-state index contributed by atoms with van der Waals surface area (Å²) < 4.78 is 25.8. The Morgan fingerprint density at radius 2 is 2.00 bits per heavy atom. The lowest BCUT2D eigenvalue weighted by molar-refractivity contribution is 0.303. The zero-order chi connectivity index (χ0) is 12.6. The Kier molecular flexibility index (Phi) is 7.96. The van der Waals surface area contributed by atoms with Gasteiger partial charge in [-0.1, -0.05) is 23.3 Å². The van der Waals surface area contributed by atoms with Crippen LogP contribution in [0.15, 0.2) is 23.3 Å². The predicted molar refractivity (Wildman–Crippen MR) is 68.6 cm³/mol. The Morgan fingerprint density at radius 1 is 1.38 bits per heavy atom. The van der Waals surface area contributed by atoms with Crippen molar-refractivity contribution in [2.75, 3.05) is 6.61 Å². The largest absolute Gasteiger partial charge is 0.378 e. The smallest absolute Gasteiger partial charge is 0.320 e. The average molecular weight is 266 g/mol. The summed E-state index contributed by atoms with van der Waals surface area (Å²) in [5, 5.41) is 0. The maximum atomic E-state index is 10.9. The molecule has 16 heavy (non-hydrogen) atoms. The molecule has 2 atom stereocenters. The lowest BCUT2D eigenvalue weighted by Gasteiger charge is -2.04. The van der Waals surface area contributed by atoms with Crippen LogP contribution < -0.4 is 0 Å². The molecule has 0 aliphatic carbocycles. The first-order chi connectivity index (χ1) is 7.37. The van der Waals surface area contributed by atoms with Gasteiger partial charge in [0.05, 0.1) is 6.61 Å². The molecule has 0 bridgehead atoms. The molecule has 0 saturated heterocycles. The van der Waals surface area contributed by atoms with Gasteiger partial charge in [-0.05, 0) is 33.6 Å². The SMILES string of the molecule is CC(C)=CCCC(C)=CCOP(=O)(O)[PH2]=O. The first-order valence-corrected chi connectivity index (χ1v) is 8.76. The summed E-state index contributed by atoms with van der Waals surface area (Å²) in [4.78, 5) is 8.90. The molecule has 0 radical (unpaired) electrons. The summed E-state index contributed by atoms with van der Waals surface area (Å²) in [5.74, 6) is 0. The molecule has 0 rings (SSSR count). The highest BCUT2D eigenvalue weighted by Gasteiger charge is 2.14. The third-order valence-electron chi connectivity index (χ3n) is 1.92. The van der Waals surface area contributed by atoms with Crippen LogP contribution in [-0.4, -0.2) is 11.5 Å². The van der Waals surface area contributed by atoms with E-state index in [1.54, 1.807) is 6.08 Å². The minimum absolute atomic E-state index is 0.0453. The summed E-state index contributed by atoms with van der Waals surface area (Å²) in [7, 11) is -5.57. The van der Waals surface area contributed by atoms with Crippen LogP contribution in [0.25, 0.3) is 0 Å². The van der Waals surface area contributed by atoms with E-state index in [0.717, 1.165) is 18.4 Å². The molecule has 0 aromatic carbocycles. The molecule has 0 aliphatic rings. The van der Waals surface area contributed by atoms with Crippen LogP contribution in [0.1, 0.15) is 33.6 Å². The first-order valence-electron chi connectivity index (χ1n) is 5.10. The highest BCUT2D eigenvalue weighted by molar-refractivity contribution is 8.14. The fraction of sp³-hybridized carbons (Fsp3) is 0.600. The molecular formula is C10H20O4P2. The molecule has 0 amide bonds.